The van der Waals surface area contributed by atoms with Crippen molar-refractivity contribution in [2.75, 3.05) is 13.1 Å². The van der Waals surface area contributed by atoms with Gasteiger partial charge in [-0.3, -0.25) is 4.79 Å². The molecule has 0 bridgehead atoms. The highest BCUT2D eigenvalue weighted by atomic mass is 16.2. The zero-order valence-corrected chi connectivity index (χ0v) is 8.57. The first-order chi connectivity index (χ1) is 7.11. The Bertz CT molecular complexity index is 305. The topological polar surface area (TPSA) is 93.9 Å². The van der Waals surface area contributed by atoms with Crippen LogP contribution in [0.2, 0.25) is 0 Å². The van der Waals surface area contributed by atoms with Gasteiger partial charge in [0.25, 0.3) is 0 Å². The summed E-state index contributed by atoms with van der Waals surface area (Å²) >= 11 is 0. The van der Waals surface area contributed by atoms with Gasteiger partial charge in [0.15, 0.2) is 0 Å². The van der Waals surface area contributed by atoms with Crippen LogP contribution in [0.3, 0.4) is 0 Å². The molecule has 80 valence electrons. The fraction of sp³-hybridized carbons (Fsp3) is 0.700. The maximum Gasteiger partial charge on any atom is 0.226 e. The third-order valence-electron chi connectivity index (χ3n) is 2.73. The molecular formula is C10H14N4O. The first-order valence-electron chi connectivity index (χ1n) is 4.92. The number of nitrogens with zero attached hydrogens (tertiary/aromatic N) is 3. The van der Waals surface area contributed by atoms with E-state index in [1.807, 2.05) is 12.1 Å². The van der Waals surface area contributed by atoms with E-state index in [0.29, 0.717) is 0 Å². The van der Waals surface area contributed by atoms with Crippen molar-refractivity contribution >= 4 is 5.91 Å². The molecule has 0 unspecified atom stereocenters. The Morgan fingerprint density at radius 2 is 1.87 bits per heavy atom. The Labute approximate surface area is 89.1 Å². The molecule has 15 heavy (non-hydrogen) atoms. The predicted molar refractivity (Wildman–Crippen MR) is 53.2 cm³/mol. The van der Waals surface area contributed by atoms with Gasteiger partial charge in [0.2, 0.25) is 5.91 Å². The lowest BCUT2D eigenvalue weighted by Crippen LogP contribution is -2.50. The second kappa shape index (κ2) is 4.77. The minimum atomic E-state index is -0.389. The van der Waals surface area contributed by atoms with Crippen molar-refractivity contribution in [1.29, 1.82) is 10.5 Å². The van der Waals surface area contributed by atoms with Crippen molar-refractivity contribution in [2.45, 2.75) is 31.2 Å². The molecule has 0 aromatic rings. The summed E-state index contributed by atoms with van der Waals surface area (Å²) < 4.78 is 0. The van der Waals surface area contributed by atoms with Crippen LogP contribution in [-0.2, 0) is 4.79 Å². The summed E-state index contributed by atoms with van der Waals surface area (Å²) in [5.41, 5.74) is 5.53. The van der Waals surface area contributed by atoms with Crippen molar-refractivity contribution < 1.29 is 4.79 Å². The maximum atomic E-state index is 11.7. The van der Waals surface area contributed by atoms with Gasteiger partial charge in [-0.05, 0) is 19.3 Å². The van der Waals surface area contributed by atoms with E-state index in [2.05, 4.69) is 0 Å². The maximum absolute atomic E-state index is 11.7. The third kappa shape index (κ3) is 2.93. The largest absolute Gasteiger partial charge is 0.325 e. The van der Waals surface area contributed by atoms with Gasteiger partial charge in [-0.25, -0.2) is 0 Å². The number of nitrogens with two attached hydrogens (primary N) is 1. The van der Waals surface area contributed by atoms with Gasteiger partial charge in [-0.2, -0.15) is 10.5 Å². The summed E-state index contributed by atoms with van der Waals surface area (Å²) in [4.78, 5) is 12.9. The number of rotatable bonds is 4. The molecule has 1 rings (SSSR count). The highest BCUT2D eigenvalue weighted by Gasteiger charge is 2.35. The summed E-state index contributed by atoms with van der Waals surface area (Å²) in [5.74, 6) is -0.194. The van der Waals surface area contributed by atoms with E-state index >= 15 is 0 Å². The second-order valence-corrected chi connectivity index (χ2v) is 3.96. The number of hydrogen-bond acceptors (Lipinski definition) is 4. The lowest BCUT2D eigenvalue weighted by molar-refractivity contribution is -0.132. The Balaban J connectivity index is 2.49. The van der Waals surface area contributed by atoms with Crippen molar-refractivity contribution in [2.24, 2.45) is 5.73 Å². The van der Waals surface area contributed by atoms with E-state index in [1.54, 1.807) is 0 Å². The van der Waals surface area contributed by atoms with Crippen LogP contribution in [0.25, 0.3) is 0 Å². The molecule has 1 aliphatic rings. The smallest absolute Gasteiger partial charge is 0.226 e. The van der Waals surface area contributed by atoms with Crippen LogP contribution in [0.5, 0.6) is 0 Å². The zero-order valence-electron chi connectivity index (χ0n) is 8.57. The molecule has 0 aliphatic heterocycles. The highest BCUT2D eigenvalue weighted by Crippen LogP contribution is 2.32. The Kier molecular flexibility index (Phi) is 3.65. The molecule has 0 heterocycles. The van der Waals surface area contributed by atoms with Gasteiger partial charge in [0, 0.05) is 12.0 Å². The standard InChI is InChI=1S/C10H14N4O/c11-4-6-14(7-5-12)9(15)8-10(13)2-1-3-10/h1-3,6-8,13H2. The highest BCUT2D eigenvalue weighted by molar-refractivity contribution is 5.78. The van der Waals surface area contributed by atoms with E-state index in [0.717, 1.165) is 19.3 Å². The quantitative estimate of drug-likeness (QED) is 0.661. The molecule has 2 N–H and O–H groups in total. The summed E-state index contributed by atoms with van der Waals surface area (Å²) in [6, 6.07) is 3.74. The summed E-state index contributed by atoms with van der Waals surface area (Å²) in [7, 11) is 0. The molecule has 0 radical (unpaired) electrons. The summed E-state index contributed by atoms with van der Waals surface area (Å²) in [6.07, 6.45) is 3.01. The third-order valence-corrected chi connectivity index (χ3v) is 2.73. The normalized spacial score (nSPS) is 17.0. The second-order valence-electron chi connectivity index (χ2n) is 3.96. The molecule has 1 saturated carbocycles. The molecule has 5 nitrogen and oxygen atoms in total. The van der Waals surface area contributed by atoms with E-state index in [9.17, 15) is 4.79 Å². The Hall–Kier alpha value is -1.59. The van der Waals surface area contributed by atoms with E-state index < -0.39 is 0 Å². The Morgan fingerprint density at radius 3 is 2.20 bits per heavy atom. The van der Waals surface area contributed by atoms with Crippen molar-refractivity contribution in [3.05, 3.63) is 0 Å². The zero-order chi connectivity index (χ0) is 11.3. The number of carbonyl (C=O) groups is 1. The summed E-state index contributed by atoms with van der Waals surface area (Å²) in [6.45, 7) is -0.0784. The molecule has 0 aromatic carbocycles. The molecule has 0 spiro atoms. The number of amides is 1. The monoisotopic (exact) mass is 206 g/mol. The van der Waals surface area contributed by atoms with Gasteiger partial charge in [-0.1, -0.05) is 0 Å². The molecule has 0 saturated heterocycles. The van der Waals surface area contributed by atoms with Crippen LogP contribution in [-0.4, -0.2) is 29.4 Å². The van der Waals surface area contributed by atoms with E-state index in [-0.39, 0.29) is 31.0 Å². The molecule has 5 heteroatoms. The fourth-order valence-electron chi connectivity index (χ4n) is 1.62. The van der Waals surface area contributed by atoms with Crippen molar-refractivity contribution in [1.82, 2.24) is 4.90 Å². The van der Waals surface area contributed by atoms with Crippen LogP contribution >= 0.6 is 0 Å². The summed E-state index contributed by atoms with van der Waals surface area (Å²) in [5, 5.41) is 17.0. The van der Waals surface area contributed by atoms with Gasteiger partial charge in [0.1, 0.15) is 13.1 Å². The van der Waals surface area contributed by atoms with E-state index in [1.165, 1.54) is 4.90 Å². The Morgan fingerprint density at radius 1 is 1.33 bits per heavy atom. The lowest BCUT2D eigenvalue weighted by Gasteiger charge is -2.38. The first kappa shape index (κ1) is 11.5. The number of nitriles is 2. The van der Waals surface area contributed by atoms with E-state index in [4.69, 9.17) is 16.3 Å². The lowest BCUT2D eigenvalue weighted by atomic mass is 9.75. The van der Waals surface area contributed by atoms with Gasteiger partial charge in [-0.15, -0.1) is 0 Å². The molecule has 0 aromatic heterocycles. The van der Waals surface area contributed by atoms with Crippen LogP contribution in [0, 0.1) is 22.7 Å². The van der Waals surface area contributed by atoms with Gasteiger partial charge in [0.05, 0.1) is 12.1 Å². The average molecular weight is 206 g/mol. The van der Waals surface area contributed by atoms with Crippen molar-refractivity contribution in [3.8, 4) is 12.1 Å². The van der Waals surface area contributed by atoms with Crippen LogP contribution in [0.4, 0.5) is 0 Å². The average Bonchev–Trinajstić information content (AvgIpc) is 2.15. The van der Waals surface area contributed by atoms with Crippen LogP contribution < -0.4 is 5.73 Å². The minimum absolute atomic E-state index is 0.0392. The van der Waals surface area contributed by atoms with Crippen molar-refractivity contribution in [3.63, 3.8) is 0 Å². The van der Waals surface area contributed by atoms with Crippen LogP contribution in [0.1, 0.15) is 25.7 Å². The minimum Gasteiger partial charge on any atom is -0.325 e. The fourth-order valence-corrected chi connectivity index (χ4v) is 1.62. The number of carbonyl (C=O) groups excluding carboxylic acids is 1. The molecular weight excluding hydrogens is 192 g/mol. The molecule has 1 aliphatic carbocycles. The SMILES string of the molecule is N#CCN(CC#N)C(=O)CC1(N)CCC1. The molecule has 1 fully saturated rings. The molecule has 1 amide bonds. The first-order valence-corrected chi connectivity index (χ1v) is 4.92. The number of hydrogen-bond donors (Lipinski definition) is 1. The predicted octanol–water partition coefficient (Wildman–Crippen LogP) is 0.134. The van der Waals surface area contributed by atoms with Gasteiger partial charge < -0.3 is 10.6 Å². The van der Waals surface area contributed by atoms with Crippen LogP contribution in [0.15, 0.2) is 0 Å². The molecule has 0 atom stereocenters. The van der Waals surface area contributed by atoms with Gasteiger partial charge >= 0.3 is 0 Å².